The summed E-state index contributed by atoms with van der Waals surface area (Å²) in [7, 11) is 0. The van der Waals surface area contributed by atoms with E-state index >= 15 is 0 Å². The lowest BCUT2D eigenvalue weighted by molar-refractivity contribution is -0.137. The fraction of sp³-hybridized carbons (Fsp3) is 0.750. The molecule has 0 bridgehead atoms. The third-order valence-electron chi connectivity index (χ3n) is 1.86. The van der Waals surface area contributed by atoms with Gasteiger partial charge in [0.1, 0.15) is 6.54 Å². The van der Waals surface area contributed by atoms with Crippen LogP contribution in [0.1, 0.15) is 6.42 Å². The summed E-state index contributed by atoms with van der Waals surface area (Å²) in [6.07, 6.45) is 0.903. The number of carboxylic acids is 1. The van der Waals surface area contributed by atoms with E-state index in [2.05, 4.69) is 9.71 Å². The van der Waals surface area contributed by atoms with Gasteiger partial charge < -0.3 is 20.5 Å². The number of carbonyl (C=O) groups is 1. The highest BCUT2D eigenvalue weighted by molar-refractivity contribution is 7.97. The van der Waals surface area contributed by atoms with Gasteiger partial charge in [0.25, 0.3) is 0 Å². The fourth-order valence-corrected chi connectivity index (χ4v) is 1.78. The van der Waals surface area contributed by atoms with Gasteiger partial charge in [-0.2, -0.15) is 0 Å². The van der Waals surface area contributed by atoms with E-state index in [9.17, 15) is 4.79 Å². The minimum absolute atomic E-state index is 0.00494. The third kappa shape index (κ3) is 4.39. The summed E-state index contributed by atoms with van der Waals surface area (Å²) in [5.74, 6) is 0.595. The summed E-state index contributed by atoms with van der Waals surface area (Å²) in [4.78, 5) is 16.6. The first-order chi connectivity index (χ1) is 7.24. The Labute approximate surface area is 93.0 Å². The van der Waals surface area contributed by atoms with Gasteiger partial charge in [-0.3, -0.25) is 9.79 Å². The van der Waals surface area contributed by atoms with Crippen LogP contribution in [0.2, 0.25) is 0 Å². The topological polar surface area (TPSA) is 91.0 Å². The number of nitrogens with one attached hydrogen (secondary N) is 1. The van der Waals surface area contributed by atoms with Gasteiger partial charge in [0.05, 0.1) is 0 Å². The number of rotatable bonds is 5. The molecular weight excluding hydrogens is 216 g/mol. The molecule has 1 heterocycles. The molecule has 0 aromatic rings. The summed E-state index contributed by atoms with van der Waals surface area (Å²) < 4.78 is 3.03. The molecular formula is C8H16N4O2S. The van der Waals surface area contributed by atoms with Crippen molar-refractivity contribution in [1.82, 2.24) is 9.62 Å². The molecule has 15 heavy (non-hydrogen) atoms. The Bertz CT molecular complexity index is 247. The molecule has 6 nitrogen and oxygen atoms in total. The van der Waals surface area contributed by atoms with Gasteiger partial charge in [0.2, 0.25) is 5.96 Å². The molecule has 0 aliphatic carbocycles. The Balaban J connectivity index is 2.42. The van der Waals surface area contributed by atoms with E-state index < -0.39 is 5.97 Å². The monoisotopic (exact) mass is 232 g/mol. The number of nitrogens with two attached hydrogens (primary N) is 1. The van der Waals surface area contributed by atoms with E-state index in [4.69, 9.17) is 10.8 Å². The Kier molecular flexibility index (Phi) is 5.27. The SMILES string of the molecule is NCCSNC1=NCCCN1CC(=O)O. The average Bonchev–Trinajstić information content (AvgIpc) is 2.20. The number of guanidine groups is 1. The molecule has 1 aliphatic heterocycles. The van der Waals surface area contributed by atoms with Gasteiger partial charge in [0.15, 0.2) is 0 Å². The second-order valence-electron chi connectivity index (χ2n) is 3.11. The molecule has 86 valence electrons. The molecule has 0 atom stereocenters. The molecule has 0 radical (unpaired) electrons. The summed E-state index contributed by atoms with van der Waals surface area (Å²) in [6.45, 7) is 2.07. The van der Waals surface area contributed by atoms with Crippen LogP contribution in [0.5, 0.6) is 0 Å². The standard InChI is InChI=1S/C8H16N4O2S/c9-2-5-15-11-8-10-3-1-4-12(8)6-7(13)14/h1-6,9H2,(H,10,11)(H,13,14). The second kappa shape index (κ2) is 6.52. The van der Waals surface area contributed by atoms with E-state index in [-0.39, 0.29) is 6.54 Å². The van der Waals surface area contributed by atoms with E-state index in [1.807, 2.05) is 0 Å². The van der Waals surface area contributed by atoms with Crippen LogP contribution in [0.15, 0.2) is 4.99 Å². The van der Waals surface area contributed by atoms with Crippen LogP contribution in [0, 0.1) is 0 Å². The summed E-state index contributed by atoms with van der Waals surface area (Å²) >= 11 is 1.45. The zero-order chi connectivity index (χ0) is 11.1. The predicted octanol–water partition coefficient (Wildman–Crippen LogP) is -0.671. The van der Waals surface area contributed by atoms with Crippen LogP contribution in [0.4, 0.5) is 0 Å². The van der Waals surface area contributed by atoms with Crippen molar-refractivity contribution in [2.75, 3.05) is 31.9 Å². The highest BCUT2D eigenvalue weighted by Crippen LogP contribution is 2.04. The van der Waals surface area contributed by atoms with Crippen molar-refractivity contribution in [2.45, 2.75) is 6.42 Å². The summed E-state index contributed by atoms with van der Waals surface area (Å²) in [6, 6.07) is 0. The quantitative estimate of drug-likeness (QED) is 0.430. The number of aliphatic carboxylic acids is 1. The molecule has 0 amide bonds. The first kappa shape index (κ1) is 12.1. The number of carboxylic acid groups (broad SMARTS) is 1. The number of hydrogen-bond acceptors (Lipinski definition) is 6. The molecule has 0 saturated carbocycles. The number of hydrogen-bond donors (Lipinski definition) is 3. The number of nitrogens with zero attached hydrogens (tertiary/aromatic N) is 2. The Hall–Kier alpha value is -0.950. The molecule has 7 heteroatoms. The van der Waals surface area contributed by atoms with Crippen molar-refractivity contribution in [1.29, 1.82) is 0 Å². The first-order valence-electron chi connectivity index (χ1n) is 4.83. The molecule has 0 spiro atoms. The molecule has 0 aromatic heterocycles. The Morgan fingerprint density at radius 1 is 1.73 bits per heavy atom. The summed E-state index contributed by atoms with van der Waals surface area (Å²) in [5.41, 5.74) is 5.35. The molecule has 1 rings (SSSR count). The van der Waals surface area contributed by atoms with Gasteiger partial charge in [-0.15, -0.1) is 0 Å². The molecule has 0 saturated heterocycles. The maximum Gasteiger partial charge on any atom is 0.323 e. The van der Waals surface area contributed by atoms with Gasteiger partial charge in [0, 0.05) is 25.4 Å². The van der Waals surface area contributed by atoms with E-state index in [0.717, 1.165) is 25.3 Å². The molecule has 0 aromatic carbocycles. The van der Waals surface area contributed by atoms with Crippen molar-refractivity contribution in [3.05, 3.63) is 0 Å². The van der Waals surface area contributed by atoms with Crippen molar-refractivity contribution < 1.29 is 9.90 Å². The highest BCUT2D eigenvalue weighted by Gasteiger charge is 2.17. The van der Waals surface area contributed by atoms with E-state index in [1.54, 1.807) is 4.90 Å². The van der Waals surface area contributed by atoms with Gasteiger partial charge in [-0.05, 0) is 18.4 Å². The second-order valence-corrected chi connectivity index (χ2v) is 4.01. The molecule has 1 aliphatic rings. The average molecular weight is 232 g/mol. The molecule has 4 N–H and O–H groups in total. The van der Waals surface area contributed by atoms with Gasteiger partial charge >= 0.3 is 5.97 Å². The van der Waals surface area contributed by atoms with Crippen LogP contribution in [0.25, 0.3) is 0 Å². The van der Waals surface area contributed by atoms with Crippen molar-refractivity contribution in [3.8, 4) is 0 Å². The lowest BCUT2D eigenvalue weighted by Crippen LogP contribution is -2.44. The maximum absolute atomic E-state index is 10.6. The van der Waals surface area contributed by atoms with Crippen LogP contribution < -0.4 is 10.5 Å². The van der Waals surface area contributed by atoms with Crippen molar-refractivity contribution >= 4 is 23.9 Å². The van der Waals surface area contributed by atoms with Crippen LogP contribution in [-0.2, 0) is 4.79 Å². The summed E-state index contributed by atoms with van der Waals surface area (Å²) in [5, 5.41) is 8.70. The van der Waals surface area contributed by atoms with Gasteiger partial charge in [-0.25, -0.2) is 0 Å². The Morgan fingerprint density at radius 3 is 3.20 bits per heavy atom. The normalized spacial score (nSPS) is 16.1. The Morgan fingerprint density at radius 2 is 2.53 bits per heavy atom. The van der Waals surface area contributed by atoms with E-state index in [0.29, 0.717) is 12.5 Å². The fourth-order valence-electron chi connectivity index (χ4n) is 1.24. The highest BCUT2D eigenvalue weighted by atomic mass is 32.2. The molecule has 0 fully saturated rings. The zero-order valence-corrected chi connectivity index (χ0v) is 9.29. The predicted molar refractivity (Wildman–Crippen MR) is 60.8 cm³/mol. The lowest BCUT2D eigenvalue weighted by atomic mass is 10.3. The van der Waals surface area contributed by atoms with Crippen LogP contribution in [-0.4, -0.2) is 53.9 Å². The van der Waals surface area contributed by atoms with E-state index in [1.165, 1.54) is 11.9 Å². The minimum Gasteiger partial charge on any atom is -0.480 e. The largest absolute Gasteiger partial charge is 0.480 e. The lowest BCUT2D eigenvalue weighted by Gasteiger charge is -2.27. The number of aliphatic imine (C=N–C) groups is 1. The first-order valence-corrected chi connectivity index (χ1v) is 5.81. The molecule has 0 unspecified atom stereocenters. The minimum atomic E-state index is -0.838. The van der Waals surface area contributed by atoms with Crippen LogP contribution >= 0.6 is 11.9 Å². The smallest absolute Gasteiger partial charge is 0.323 e. The van der Waals surface area contributed by atoms with Gasteiger partial charge in [-0.1, -0.05) is 0 Å². The van der Waals surface area contributed by atoms with Crippen molar-refractivity contribution in [2.24, 2.45) is 10.7 Å². The third-order valence-corrected chi connectivity index (χ3v) is 2.62. The van der Waals surface area contributed by atoms with Crippen molar-refractivity contribution in [3.63, 3.8) is 0 Å². The zero-order valence-electron chi connectivity index (χ0n) is 8.48. The maximum atomic E-state index is 10.6. The van der Waals surface area contributed by atoms with Crippen LogP contribution in [0.3, 0.4) is 0 Å².